The summed E-state index contributed by atoms with van der Waals surface area (Å²) in [5.74, 6) is 1.90. The van der Waals surface area contributed by atoms with Crippen LogP contribution < -0.4 is 5.73 Å². The van der Waals surface area contributed by atoms with Crippen LogP contribution >= 0.6 is 11.8 Å². The van der Waals surface area contributed by atoms with Gasteiger partial charge in [-0.25, -0.2) is 4.79 Å². The Bertz CT molecular complexity index is 414. The van der Waals surface area contributed by atoms with Crippen LogP contribution in [0.2, 0.25) is 0 Å². The molecule has 1 heterocycles. The molecule has 0 aliphatic carbocycles. The van der Waals surface area contributed by atoms with Crippen LogP contribution in [0.4, 0.5) is 4.79 Å². The fourth-order valence-corrected chi connectivity index (χ4v) is 3.31. The van der Waals surface area contributed by atoms with Gasteiger partial charge in [0.25, 0.3) is 0 Å². The summed E-state index contributed by atoms with van der Waals surface area (Å²) < 4.78 is 5.40. The fraction of sp³-hybridized carbons (Fsp3) is 0.533. The third-order valence-electron chi connectivity index (χ3n) is 3.39. The van der Waals surface area contributed by atoms with Gasteiger partial charge in [0.1, 0.15) is 6.61 Å². The molecule has 5 heteroatoms. The number of nitrogens with two attached hydrogens (primary N) is 1. The van der Waals surface area contributed by atoms with Crippen LogP contribution in [0.15, 0.2) is 30.3 Å². The van der Waals surface area contributed by atoms with Crippen LogP contribution in [0.3, 0.4) is 0 Å². The Morgan fingerprint density at radius 1 is 1.40 bits per heavy atom. The molecule has 1 aromatic carbocycles. The largest absolute Gasteiger partial charge is 0.445 e. The predicted molar refractivity (Wildman–Crippen MR) is 82.7 cm³/mol. The highest BCUT2D eigenvalue weighted by molar-refractivity contribution is 7.99. The minimum Gasteiger partial charge on any atom is -0.445 e. The van der Waals surface area contributed by atoms with Crippen molar-refractivity contribution in [2.75, 3.05) is 24.6 Å². The van der Waals surface area contributed by atoms with E-state index in [0.717, 1.165) is 36.5 Å². The zero-order valence-corrected chi connectivity index (χ0v) is 12.5. The molecule has 0 spiro atoms. The molecule has 1 atom stereocenters. The molecule has 1 aromatic rings. The van der Waals surface area contributed by atoms with Crippen LogP contribution in [0.5, 0.6) is 0 Å². The molecule has 110 valence electrons. The normalized spacial score (nSPS) is 18.2. The highest BCUT2D eigenvalue weighted by atomic mass is 32.2. The molecule has 0 saturated carbocycles. The number of carbonyl (C=O) groups excluding carboxylic acids is 1. The maximum atomic E-state index is 12.1. The van der Waals surface area contributed by atoms with Crippen LogP contribution in [0, 0.1) is 0 Å². The van der Waals surface area contributed by atoms with Gasteiger partial charge in [0.2, 0.25) is 0 Å². The van der Waals surface area contributed by atoms with Crippen molar-refractivity contribution in [3.63, 3.8) is 0 Å². The van der Waals surface area contributed by atoms with Gasteiger partial charge in [0.05, 0.1) is 0 Å². The van der Waals surface area contributed by atoms with Crippen molar-refractivity contribution in [3.05, 3.63) is 35.9 Å². The Kier molecular flexibility index (Phi) is 6.21. The molecule has 1 fully saturated rings. The monoisotopic (exact) mass is 294 g/mol. The quantitative estimate of drug-likeness (QED) is 0.819. The molecule has 0 unspecified atom stereocenters. The molecule has 1 aliphatic heterocycles. The first-order valence-electron chi connectivity index (χ1n) is 7.06. The van der Waals surface area contributed by atoms with Gasteiger partial charge in [-0.05, 0) is 18.4 Å². The second-order valence-corrected chi connectivity index (χ2v) is 6.04. The lowest BCUT2D eigenvalue weighted by atomic mass is 10.2. The highest BCUT2D eigenvalue weighted by Crippen LogP contribution is 2.22. The van der Waals surface area contributed by atoms with Gasteiger partial charge in [0.15, 0.2) is 0 Å². The smallest absolute Gasteiger partial charge is 0.410 e. The number of rotatable bonds is 6. The number of thioether (sulfide) groups is 1. The molecule has 1 amide bonds. The minimum absolute atomic E-state index is 0.190. The summed E-state index contributed by atoms with van der Waals surface area (Å²) in [5, 5.41) is 0. The van der Waals surface area contributed by atoms with Gasteiger partial charge in [-0.15, -0.1) is 0 Å². The Hall–Kier alpha value is -1.20. The topological polar surface area (TPSA) is 55.6 Å². The maximum Gasteiger partial charge on any atom is 0.410 e. The van der Waals surface area contributed by atoms with Gasteiger partial charge in [-0.2, -0.15) is 11.8 Å². The second-order valence-electron chi connectivity index (χ2n) is 4.89. The molecule has 2 N–H and O–H groups in total. The molecule has 1 aliphatic rings. The molecular weight excluding hydrogens is 272 g/mol. The number of ether oxygens (including phenoxy) is 1. The van der Waals surface area contributed by atoms with E-state index in [4.69, 9.17) is 10.5 Å². The van der Waals surface area contributed by atoms with Gasteiger partial charge < -0.3 is 15.4 Å². The molecule has 0 aromatic heterocycles. The summed E-state index contributed by atoms with van der Waals surface area (Å²) in [6.45, 7) is 1.84. The number of hydrogen-bond donors (Lipinski definition) is 1. The van der Waals surface area contributed by atoms with Crippen molar-refractivity contribution in [1.29, 1.82) is 0 Å². The average molecular weight is 294 g/mol. The van der Waals surface area contributed by atoms with E-state index in [1.165, 1.54) is 0 Å². The zero-order valence-electron chi connectivity index (χ0n) is 11.7. The molecule has 0 bridgehead atoms. The Morgan fingerprint density at radius 2 is 2.20 bits per heavy atom. The van der Waals surface area contributed by atoms with E-state index >= 15 is 0 Å². The molecule has 1 saturated heterocycles. The summed E-state index contributed by atoms with van der Waals surface area (Å²) >= 11 is 1.81. The summed E-state index contributed by atoms with van der Waals surface area (Å²) in [4.78, 5) is 14.0. The third-order valence-corrected chi connectivity index (χ3v) is 4.53. The number of hydrogen-bond acceptors (Lipinski definition) is 4. The SMILES string of the molecule is NCCSC[C@H]1CCCN1C(=O)OCc1ccccc1. The van der Waals surface area contributed by atoms with E-state index in [9.17, 15) is 4.79 Å². The highest BCUT2D eigenvalue weighted by Gasteiger charge is 2.29. The number of likely N-dealkylation sites (tertiary alicyclic amines) is 1. The Labute approximate surface area is 124 Å². The maximum absolute atomic E-state index is 12.1. The molecule has 20 heavy (non-hydrogen) atoms. The molecule has 4 nitrogen and oxygen atoms in total. The first-order valence-corrected chi connectivity index (χ1v) is 8.22. The molecule has 2 rings (SSSR count). The lowest BCUT2D eigenvalue weighted by Crippen LogP contribution is -2.37. The number of amides is 1. The van der Waals surface area contributed by atoms with Gasteiger partial charge in [-0.1, -0.05) is 30.3 Å². The molecular formula is C15H22N2O2S. The van der Waals surface area contributed by atoms with E-state index in [1.807, 2.05) is 47.0 Å². The van der Waals surface area contributed by atoms with E-state index in [-0.39, 0.29) is 6.09 Å². The predicted octanol–water partition coefficient (Wildman–Crippen LogP) is 2.48. The van der Waals surface area contributed by atoms with Crippen LogP contribution in [0.25, 0.3) is 0 Å². The van der Waals surface area contributed by atoms with Gasteiger partial charge >= 0.3 is 6.09 Å². The summed E-state index contributed by atoms with van der Waals surface area (Å²) in [6.07, 6.45) is 1.94. The average Bonchev–Trinajstić information content (AvgIpc) is 2.95. The van der Waals surface area contributed by atoms with E-state index in [0.29, 0.717) is 19.2 Å². The van der Waals surface area contributed by atoms with Crippen molar-refractivity contribution in [1.82, 2.24) is 4.90 Å². The van der Waals surface area contributed by atoms with E-state index in [2.05, 4.69) is 0 Å². The molecule has 0 radical (unpaired) electrons. The number of nitrogens with zero attached hydrogens (tertiary/aromatic N) is 1. The lowest BCUT2D eigenvalue weighted by molar-refractivity contribution is 0.0950. The van der Waals surface area contributed by atoms with Crippen molar-refractivity contribution in [2.45, 2.75) is 25.5 Å². The van der Waals surface area contributed by atoms with Crippen molar-refractivity contribution in [3.8, 4) is 0 Å². The minimum atomic E-state index is -0.190. The summed E-state index contributed by atoms with van der Waals surface area (Å²) in [6, 6.07) is 10.1. The van der Waals surface area contributed by atoms with Crippen LogP contribution in [-0.2, 0) is 11.3 Å². The standard InChI is InChI=1S/C15H22N2O2S/c16-8-10-20-12-14-7-4-9-17(14)15(18)19-11-13-5-2-1-3-6-13/h1-3,5-6,14H,4,7-12,16H2/t14-/m1/s1. The second kappa shape index (κ2) is 8.17. The summed E-state index contributed by atoms with van der Waals surface area (Å²) in [5.41, 5.74) is 6.52. The van der Waals surface area contributed by atoms with Crippen LogP contribution in [0.1, 0.15) is 18.4 Å². The third kappa shape index (κ3) is 4.42. The summed E-state index contributed by atoms with van der Waals surface area (Å²) in [7, 11) is 0. The lowest BCUT2D eigenvalue weighted by Gasteiger charge is -2.23. The van der Waals surface area contributed by atoms with Crippen molar-refractivity contribution in [2.24, 2.45) is 5.73 Å². The Morgan fingerprint density at radius 3 is 2.95 bits per heavy atom. The van der Waals surface area contributed by atoms with E-state index in [1.54, 1.807) is 0 Å². The number of carbonyl (C=O) groups is 1. The van der Waals surface area contributed by atoms with E-state index < -0.39 is 0 Å². The first kappa shape index (κ1) is 15.2. The Balaban J connectivity index is 1.78. The fourth-order valence-electron chi connectivity index (χ4n) is 2.35. The van der Waals surface area contributed by atoms with Gasteiger partial charge in [0, 0.05) is 30.6 Å². The van der Waals surface area contributed by atoms with Crippen LogP contribution in [-0.4, -0.2) is 41.6 Å². The van der Waals surface area contributed by atoms with Gasteiger partial charge in [-0.3, -0.25) is 0 Å². The van der Waals surface area contributed by atoms with Crippen molar-refractivity contribution >= 4 is 17.9 Å². The number of benzene rings is 1. The van der Waals surface area contributed by atoms with Crippen molar-refractivity contribution < 1.29 is 9.53 Å². The zero-order chi connectivity index (χ0) is 14.2. The first-order chi connectivity index (χ1) is 9.81.